The second kappa shape index (κ2) is 22.3. The number of hydrogen-bond donors (Lipinski definition) is 1. The number of amides is 3. The fraction of sp³-hybridized carbons (Fsp3) is 0.517. The lowest BCUT2D eigenvalue weighted by Gasteiger charge is -2.50. The number of likely N-dealkylation sites (tertiary alicyclic amines) is 1. The number of hydrogen-bond acceptors (Lipinski definition) is 5. The zero-order chi connectivity index (χ0) is 35.1. The second-order valence-electron chi connectivity index (χ2n) is 12.1. The van der Waals surface area contributed by atoms with Gasteiger partial charge < -0.3 is 15.5 Å². The summed E-state index contributed by atoms with van der Waals surface area (Å²) in [6, 6.07) is 15.8. The summed E-state index contributed by atoms with van der Waals surface area (Å²) < 4.78 is 0. The highest BCUT2D eigenvalue weighted by Gasteiger charge is 2.40. The summed E-state index contributed by atoms with van der Waals surface area (Å²) in [4.78, 5) is 31.3. The first kappa shape index (κ1) is 42.6. The van der Waals surface area contributed by atoms with Crippen LogP contribution in [0, 0.1) is 11.3 Å². The smallest absolute Gasteiger partial charge is 0.314 e. The highest BCUT2D eigenvalue weighted by molar-refractivity contribution is 8.74. The molecule has 3 amide bonds. The third kappa shape index (κ3) is 14.3. The molecule has 2 aliphatic heterocycles. The Bertz CT molecular complexity index is 1710. The average molecular weight is 898 g/mol. The summed E-state index contributed by atoms with van der Waals surface area (Å²) in [6.07, 6.45) is 2.17. The van der Waals surface area contributed by atoms with Gasteiger partial charge in [-0.2, -0.15) is 0 Å². The van der Waals surface area contributed by atoms with Crippen LogP contribution >= 0.6 is 23.2 Å². The summed E-state index contributed by atoms with van der Waals surface area (Å²) in [5.41, 5.74) is 7.67. The number of carbonyl (C=O) groups excluding carboxylic acids is 2. The molecule has 6 nitrogen and oxygen atoms in total. The van der Waals surface area contributed by atoms with Crippen LogP contribution < -0.4 is 5.73 Å². The van der Waals surface area contributed by atoms with Gasteiger partial charge in [0.05, 0.1) is 6.04 Å². The quantitative estimate of drug-likeness (QED) is 0.412. The van der Waals surface area contributed by atoms with Crippen molar-refractivity contribution in [3.8, 4) is 0 Å². The molecular weight excluding hydrogens is 860 g/mol. The maximum Gasteiger partial charge on any atom is 0.314 e. The van der Waals surface area contributed by atoms with Crippen molar-refractivity contribution in [1.29, 1.82) is 0 Å². The van der Waals surface area contributed by atoms with E-state index in [2.05, 4.69) is 77.2 Å². The zero-order valence-corrected chi connectivity index (χ0v) is 37.0. The number of nitrogens with zero attached hydrogens (tertiary/aromatic N) is 3. The molecule has 0 saturated carbocycles. The van der Waals surface area contributed by atoms with Crippen molar-refractivity contribution in [2.75, 3.05) is 32.7 Å². The number of rotatable bonds is 5. The molecule has 4 rings (SSSR count). The minimum atomic E-state index is -0.371. The summed E-state index contributed by atoms with van der Waals surface area (Å²) in [7, 11) is 14.5. The van der Waals surface area contributed by atoms with Crippen LogP contribution in [0.4, 0.5) is 4.79 Å². The predicted molar refractivity (Wildman–Crippen MR) is 231 cm³/mol. The first-order chi connectivity index (χ1) is 22.9. The molecule has 19 heteroatoms. The van der Waals surface area contributed by atoms with Gasteiger partial charge in [0.25, 0.3) is 0 Å². The number of urea groups is 1. The van der Waals surface area contributed by atoms with Crippen molar-refractivity contribution in [1.82, 2.24) is 14.7 Å². The predicted octanol–water partition coefficient (Wildman–Crippen LogP) is 5.80. The molecule has 48 heavy (non-hydrogen) atoms. The Labute approximate surface area is 329 Å². The van der Waals surface area contributed by atoms with Gasteiger partial charge in [0, 0.05) is 158 Å². The first-order valence-corrected chi connectivity index (χ1v) is 28.9. The third-order valence-electron chi connectivity index (χ3n) is 8.08. The van der Waals surface area contributed by atoms with Crippen LogP contribution in [-0.2, 0) is 107 Å². The summed E-state index contributed by atoms with van der Waals surface area (Å²) in [5, 5.41) is 1.42. The van der Waals surface area contributed by atoms with E-state index in [1.807, 2.05) is 24.3 Å². The molecule has 0 aliphatic carbocycles. The molecule has 1 atom stereocenters. The third-order valence-corrected chi connectivity index (χ3v) is 26.4. The summed E-state index contributed by atoms with van der Waals surface area (Å²) in [5.74, 6) is 0.504. The maximum atomic E-state index is 13.6. The van der Waals surface area contributed by atoms with Crippen LogP contribution in [-0.4, -0.2) is 65.4 Å². The number of benzene rings is 2. The van der Waals surface area contributed by atoms with Gasteiger partial charge in [0.1, 0.15) is 0 Å². The Morgan fingerprint density at radius 3 is 1.67 bits per heavy atom. The van der Waals surface area contributed by atoms with E-state index in [9.17, 15) is 9.59 Å². The number of primary amides is 1. The second-order valence-corrected chi connectivity index (χ2v) is 28.8. The fourth-order valence-electron chi connectivity index (χ4n) is 5.78. The van der Waals surface area contributed by atoms with E-state index in [-0.39, 0.29) is 35.4 Å². The van der Waals surface area contributed by atoms with E-state index >= 15 is 0 Å². The van der Waals surface area contributed by atoms with Crippen molar-refractivity contribution < 1.29 is 9.59 Å². The van der Waals surface area contributed by atoms with Crippen LogP contribution in [0.15, 0.2) is 48.5 Å². The lowest BCUT2D eigenvalue weighted by molar-refractivity contribution is -0.141. The van der Waals surface area contributed by atoms with E-state index < -0.39 is 0 Å². The van der Waals surface area contributed by atoms with Gasteiger partial charge in [-0.15, -0.1) is 0 Å². The molecule has 2 aliphatic rings. The monoisotopic (exact) mass is 896 g/mol. The lowest BCUT2D eigenvalue weighted by Crippen LogP contribution is -2.60. The molecule has 0 unspecified atom stereocenters. The highest BCUT2D eigenvalue weighted by atomic mass is 35.5. The first-order valence-electron chi connectivity index (χ1n) is 14.8. The Balaban J connectivity index is 0.000000488. The molecule has 0 radical (unpaired) electrons. The van der Waals surface area contributed by atoms with Gasteiger partial charge in [-0.05, 0) is 59.6 Å². The van der Waals surface area contributed by atoms with Gasteiger partial charge in [-0.3, -0.25) is 9.69 Å². The van der Waals surface area contributed by atoms with E-state index in [0.29, 0.717) is 36.1 Å². The normalized spacial score (nSPS) is 16.9. The Kier molecular flexibility index (Phi) is 19.7. The Morgan fingerprint density at radius 2 is 1.25 bits per heavy atom. The Morgan fingerprint density at radius 1 is 0.792 bits per heavy atom. The van der Waals surface area contributed by atoms with Gasteiger partial charge in [0.15, 0.2) is 0 Å². The molecule has 2 saturated heterocycles. The molecule has 2 fully saturated rings. The van der Waals surface area contributed by atoms with Crippen LogP contribution in [0.1, 0.15) is 57.2 Å². The minimum absolute atomic E-state index is 0.0368. The fourth-order valence-corrected chi connectivity index (χ4v) is 25.2. The number of piperidine rings is 1. The standard InChI is InChI=1S/C29H38Cl2N4O2.S11/c1-29(2,3)25-19-34(16-17-35(25)26(36)18-20-12-14-33(15-13-20)28(32)37)27(21-4-8-23(30)9-5-21)22-6-10-24(31)11-7-22;1-3-5-7-9-11-10-8-6-4-2/h4-11,20,25,27H,12-19H2,1-3H3,(H2,32,37);/t25-;/m1./s1. The lowest BCUT2D eigenvalue weighted by atomic mass is 9.82. The van der Waals surface area contributed by atoms with E-state index in [4.69, 9.17) is 28.9 Å². The molecule has 0 bridgehead atoms. The summed E-state index contributed by atoms with van der Waals surface area (Å²) in [6.45, 7) is 10.1. The number of carbonyl (C=O) groups is 2. The SMILES string of the molecule is CC(C)(C)[C@H]1CN(C(c2ccc(Cl)cc2)c2ccc(Cl)cc2)CCN1C(=O)CC1CCN(C(N)=O)CC1.S=S=S=S=S=S=S=S=S=S=S. The van der Waals surface area contributed by atoms with Crippen LogP contribution in [0.2, 0.25) is 10.0 Å². The van der Waals surface area contributed by atoms with Crippen molar-refractivity contribution in [2.24, 2.45) is 17.1 Å². The van der Waals surface area contributed by atoms with Crippen LogP contribution in [0.25, 0.3) is 0 Å². The number of halogens is 2. The van der Waals surface area contributed by atoms with Gasteiger partial charge in [-0.1, -0.05) is 68.2 Å². The molecule has 2 heterocycles. The largest absolute Gasteiger partial charge is 0.351 e. The Hall–Kier alpha value is 0.140. The van der Waals surface area contributed by atoms with E-state index in [0.717, 1.165) is 25.9 Å². The molecule has 2 aromatic carbocycles. The van der Waals surface area contributed by atoms with Gasteiger partial charge in [0.2, 0.25) is 5.91 Å². The van der Waals surface area contributed by atoms with Crippen molar-refractivity contribution in [3.05, 3.63) is 69.7 Å². The van der Waals surface area contributed by atoms with Gasteiger partial charge in [-0.25, -0.2) is 4.79 Å². The minimum Gasteiger partial charge on any atom is -0.351 e. The molecule has 0 aromatic heterocycles. The van der Waals surface area contributed by atoms with E-state index in [1.165, 1.54) is 28.9 Å². The molecule has 2 aromatic rings. The molecule has 0 spiro atoms. The van der Waals surface area contributed by atoms with Crippen molar-refractivity contribution in [3.63, 3.8) is 0 Å². The van der Waals surface area contributed by atoms with Gasteiger partial charge >= 0.3 is 6.03 Å². The topological polar surface area (TPSA) is 69.9 Å². The zero-order valence-electron chi connectivity index (χ0n) is 26.5. The average Bonchev–Trinajstić information content (AvgIpc) is 3.06. The van der Waals surface area contributed by atoms with Crippen molar-refractivity contribution in [2.45, 2.75) is 52.1 Å². The van der Waals surface area contributed by atoms with Crippen LogP contribution in [0.3, 0.4) is 0 Å². The van der Waals surface area contributed by atoms with Crippen LogP contribution in [0.5, 0.6) is 0 Å². The number of piperazine rings is 1. The molecular formula is C29H38Cl2N4O2S11. The number of nitrogens with two attached hydrogens (primary N) is 1. The maximum absolute atomic E-state index is 13.6. The molecule has 2 N–H and O–H groups in total. The van der Waals surface area contributed by atoms with E-state index in [1.54, 1.807) is 67.1 Å². The highest BCUT2D eigenvalue weighted by Crippen LogP contribution is 2.36. The summed E-state index contributed by atoms with van der Waals surface area (Å²) >= 11 is 21.8. The van der Waals surface area contributed by atoms with Crippen molar-refractivity contribution >= 4 is 137 Å². The molecule has 266 valence electrons.